The van der Waals surface area contributed by atoms with Crippen molar-refractivity contribution in [2.24, 2.45) is 35.5 Å². The zero-order valence-electron chi connectivity index (χ0n) is 70.3. The lowest BCUT2D eigenvalue weighted by molar-refractivity contribution is -0.0470. The van der Waals surface area contributed by atoms with Crippen molar-refractivity contribution in [3.8, 4) is 0 Å². The molecule has 3 N–H and O–H groups in total. The summed E-state index contributed by atoms with van der Waals surface area (Å²) in [5.74, 6) is 3.10. The second kappa shape index (κ2) is 57.7. The van der Waals surface area contributed by atoms with E-state index in [1.54, 1.807) is 6.33 Å². The zero-order chi connectivity index (χ0) is 73.8. The van der Waals surface area contributed by atoms with Crippen LogP contribution >= 0.6 is 0 Å². The minimum Gasteiger partial charge on any atom is -0.414 e. The van der Waals surface area contributed by atoms with Crippen molar-refractivity contribution in [1.82, 2.24) is 19.5 Å². The predicted octanol–water partition coefficient (Wildman–Crippen LogP) is 28.9. The van der Waals surface area contributed by atoms with Gasteiger partial charge in [-0.25, -0.2) is 4.98 Å². The van der Waals surface area contributed by atoms with Crippen LogP contribution in [0.2, 0.25) is 54.4 Å². The van der Waals surface area contributed by atoms with E-state index >= 15 is 0 Å². The molecule has 3 rings (SSSR count). The Morgan fingerprint density at radius 1 is 0.396 bits per heavy atom. The van der Waals surface area contributed by atoms with Gasteiger partial charge in [0, 0.05) is 0 Å². The molecule has 1 fully saturated rings. The van der Waals surface area contributed by atoms with Crippen LogP contribution in [0.25, 0.3) is 11.2 Å². The van der Waals surface area contributed by atoms with Crippen LogP contribution in [0.1, 0.15) is 418 Å². The summed E-state index contributed by atoms with van der Waals surface area (Å²) in [6.07, 6.45) is 65.9. The maximum Gasteiger partial charge on any atom is 0.280 e. The van der Waals surface area contributed by atoms with Crippen molar-refractivity contribution >= 4 is 42.1 Å². The first-order chi connectivity index (χ1) is 48.7. The molecule has 3 heterocycles. The molecule has 0 bridgehead atoms. The summed E-state index contributed by atoms with van der Waals surface area (Å²) >= 11 is 0. The molecule has 2 aromatic heterocycles. The monoisotopic (exact) mass is 1470 g/mol. The average Bonchev–Trinajstić information content (AvgIpc) is 1.61. The number of nitrogens with one attached hydrogen (secondary N) is 1. The minimum absolute atomic E-state index is 0.0885. The standard InChI is InChI=1S/C88H175N5O5Si3/c1-16-19-22-25-28-31-34-37-40-43-46-49-52-55-58-61-64-99(68-75(4)5,69-76(6)7)95-67-81-83(97-100(70-77(8)9,71-78(10)11)65-62-59-56-53-50-47-44-41-38-35-32-29-26-23-20-17-2)84(87(96-81)93-74-90-82-85(93)91-88(89)92-86(82)94)98-101(72-79(12)13,73-80(14)15)66-63-60-57-54-51-48-45-42-39-36-33-30-27-24-21-18-3/h74-81,83-84,87H,16-73H2,1-15H3,(H3,89,91,92,94)/t81-,83-,84-,87-/m1/s1. The van der Waals surface area contributed by atoms with E-state index in [9.17, 15) is 4.79 Å². The van der Waals surface area contributed by atoms with Crippen molar-refractivity contribution in [3.63, 3.8) is 0 Å². The van der Waals surface area contributed by atoms with Gasteiger partial charge < -0.3 is 23.7 Å². The summed E-state index contributed by atoms with van der Waals surface area (Å²) in [4.78, 5) is 26.3. The lowest BCUT2D eigenvalue weighted by Crippen LogP contribution is -2.54. The average molecular weight is 1470 g/mol. The topological polar surface area (TPSA) is 127 Å². The molecular formula is C88H175N5O5Si3. The second-order valence-electron chi connectivity index (χ2n) is 36.1. The summed E-state index contributed by atoms with van der Waals surface area (Å²) in [6, 6.07) is 10.2. The number of H-pyrrole nitrogens is 1. The van der Waals surface area contributed by atoms with Crippen molar-refractivity contribution in [1.29, 1.82) is 0 Å². The highest BCUT2D eigenvalue weighted by molar-refractivity contribution is 6.75. The third kappa shape index (κ3) is 42.8. The first-order valence-corrected chi connectivity index (χ1v) is 52.7. The number of rotatable bonds is 71. The lowest BCUT2D eigenvalue weighted by atomic mass is 10.0. The van der Waals surface area contributed by atoms with Crippen LogP contribution in [-0.4, -0.2) is 69.4 Å². The van der Waals surface area contributed by atoms with E-state index in [-0.39, 0.29) is 29.2 Å². The molecule has 0 spiro atoms. The van der Waals surface area contributed by atoms with E-state index in [0.29, 0.717) is 47.8 Å². The van der Waals surface area contributed by atoms with Gasteiger partial charge in [-0.2, -0.15) is 4.98 Å². The third-order valence-electron chi connectivity index (χ3n) is 22.5. The fourth-order valence-electron chi connectivity index (χ4n) is 18.1. The number of nitrogens with zero attached hydrogens (tertiary/aromatic N) is 3. The summed E-state index contributed by atoms with van der Waals surface area (Å²) in [5, 5.41) is 0. The molecule has 0 unspecified atom stereocenters. The van der Waals surface area contributed by atoms with Crippen LogP contribution < -0.4 is 11.3 Å². The van der Waals surface area contributed by atoms with Crippen molar-refractivity contribution in [2.75, 3.05) is 12.3 Å². The Hall–Kier alpha value is -1.36. The SMILES string of the molecule is CCCCCCCCCCCCCCCCCC[Si](CC(C)C)(CC(C)C)OC[C@H]1O[C@@H](n2cnc3c(=O)[nH]c(N)nc32)[C@H](O[Si](CCCCCCCCCCCCCCCCCC)(CC(C)C)CC(C)C)[C@@H]1O[Si](CCCCCCCCCCCCCCCCCC)(CC(C)C)CC(C)C. The molecule has 0 amide bonds. The summed E-state index contributed by atoms with van der Waals surface area (Å²) in [5.41, 5.74) is 6.91. The molecule has 10 nitrogen and oxygen atoms in total. The summed E-state index contributed by atoms with van der Waals surface area (Å²) in [7, 11) is -7.50. The van der Waals surface area contributed by atoms with Gasteiger partial charge in [0.25, 0.3) is 5.56 Å². The molecule has 101 heavy (non-hydrogen) atoms. The number of hydrogen-bond donors (Lipinski definition) is 2. The van der Waals surface area contributed by atoms with Crippen molar-refractivity contribution in [2.45, 2.75) is 491 Å². The number of nitrogens with two attached hydrogens (primary N) is 1. The molecule has 0 radical (unpaired) electrons. The number of nitrogen functional groups attached to an aromatic ring is 1. The van der Waals surface area contributed by atoms with E-state index in [1.807, 2.05) is 4.57 Å². The van der Waals surface area contributed by atoms with Crippen LogP contribution in [0, 0.1) is 35.5 Å². The molecule has 13 heteroatoms. The fraction of sp³-hybridized carbons (Fsp3) is 0.943. The highest BCUT2D eigenvalue weighted by atomic mass is 28.4. The van der Waals surface area contributed by atoms with E-state index in [0.717, 1.165) is 48.4 Å². The maximum absolute atomic E-state index is 13.8. The van der Waals surface area contributed by atoms with Gasteiger partial charge in [0.1, 0.15) is 18.3 Å². The van der Waals surface area contributed by atoms with Crippen LogP contribution in [0.4, 0.5) is 5.95 Å². The fourth-order valence-corrected chi connectivity index (χ4v) is 34.7. The lowest BCUT2D eigenvalue weighted by Gasteiger charge is -2.43. The molecule has 4 atom stereocenters. The van der Waals surface area contributed by atoms with Crippen LogP contribution in [-0.2, 0) is 18.0 Å². The normalized spacial score (nSPS) is 16.5. The van der Waals surface area contributed by atoms with Crippen LogP contribution in [0.15, 0.2) is 11.1 Å². The number of imidazole rings is 1. The minimum atomic E-state index is -2.59. The highest BCUT2D eigenvalue weighted by Crippen LogP contribution is 2.46. The number of unbranched alkanes of at least 4 members (excludes halogenated alkanes) is 45. The molecule has 594 valence electrons. The van der Waals surface area contributed by atoms with E-state index < -0.39 is 37.3 Å². The number of hydrogen-bond acceptors (Lipinski definition) is 8. The molecule has 0 aromatic carbocycles. The van der Waals surface area contributed by atoms with Gasteiger partial charge in [-0.3, -0.25) is 14.3 Å². The van der Waals surface area contributed by atoms with Crippen LogP contribution in [0.3, 0.4) is 0 Å². The molecule has 1 aliphatic heterocycles. The molecule has 1 aliphatic rings. The van der Waals surface area contributed by atoms with E-state index in [2.05, 4.69) is 109 Å². The number of fused-ring (bicyclic) bond motifs is 1. The smallest absolute Gasteiger partial charge is 0.280 e. The van der Waals surface area contributed by atoms with Gasteiger partial charge in [-0.15, -0.1) is 0 Å². The van der Waals surface area contributed by atoms with Gasteiger partial charge in [-0.05, 0) is 89.9 Å². The van der Waals surface area contributed by atoms with Crippen molar-refractivity contribution in [3.05, 3.63) is 16.7 Å². The maximum atomic E-state index is 13.8. The van der Waals surface area contributed by atoms with Crippen LogP contribution in [0.5, 0.6) is 0 Å². The largest absolute Gasteiger partial charge is 0.414 e. The highest BCUT2D eigenvalue weighted by Gasteiger charge is 2.55. The third-order valence-corrected chi connectivity index (χ3v) is 38.0. The van der Waals surface area contributed by atoms with Gasteiger partial charge in [0.15, 0.2) is 42.3 Å². The van der Waals surface area contributed by atoms with E-state index in [4.69, 9.17) is 33.7 Å². The Morgan fingerprint density at radius 3 is 0.941 bits per heavy atom. The second-order valence-corrected chi connectivity index (χ2v) is 47.9. The number of aromatic amines is 1. The quantitative estimate of drug-likeness (QED) is 0.0495. The first-order valence-electron chi connectivity index (χ1n) is 45.1. The summed E-state index contributed by atoms with van der Waals surface area (Å²) in [6.45, 7) is 36.7. The van der Waals surface area contributed by atoms with Gasteiger partial charge in [0.2, 0.25) is 5.95 Å². The Bertz CT molecular complexity index is 2260. The number of ether oxygens (including phenoxy) is 1. The van der Waals surface area contributed by atoms with Crippen molar-refractivity contribution < 1.29 is 18.0 Å². The zero-order valence-corrected chi connectivity index (χ0v) is 73.3. The molecular weight excluding hydrogens is 1290 g/mol. The Morgan fingerprint density at radius 2 is 0.653 bits per heavy atom. The molecule has 0 aliphatic carbocycles. The van der Waals surface area contributed by atoms with Gasteiger partial charge in [-0.1, -0.05) is 412 Å². The Balaban J connectivity index is 2.05. The first kappa shape index (κ1) is 93.8. The Kier molecular flexibility index (Phi) is 53.6. The molecule has 0 saturated carbocycles. The van der Waals surface area contributed by atoms with E-state index in [1.165, 1.54) is 314 Å². The summed E-state index contributed by atoms with van der Waals surface area (Å²) < 4.78 is 35.0. The molecule has 2 aromatic rings. The number of anilines is 1. The van der Waals surface area contributed by atoms with Gasteiger partial charge in [0.05, 0.1) is 12.9 Å². The molecule has 1 saturated heterocycles. The predicted molar refractivity (Wildman–Crippen MR) is 450 cm³/mol. The van der Waals surface area contributed by atoms with Gasteiger partial charge >= 0.3 is 0 Å². The number of aromatic nitrogens is 4. The Labute approximate surface area is 631 Å².